The Bertz CT molecular complexity index is 705. The number of carbonyl (C=O) groups excluding carboxylic acids is 1. The predicted molar refractivity (Wildman–Crippen MR) is 107 cm³/mol. The largest absolute Gasteiger partial charge is 0.468 e. The van der Waals surface area contributed by atoms with Crippen molar-refractivity contribution >= 4 is 23.4 Å². The van der Waals surface area contributed by atoms with Crippen molar-refractivity contribution in [2.45, 2.75) is 13.8 Å². The van der Waals surface area contributed by atoms with Crippen LogP contribution in [0.3, 0.4) is 0 Å². The Kier molecular flexibility index (Phi) is 7.71. The first-order valence-electron chi connectivity index (χ1n) is 8.72. The molecule has 0 saturated carbocycles. The smallest absolute Gasteiger partial charge is 0.248 e. The Labute approximate surface area is 155 Å². The minimum Gasteiger partial charge on any atom is -0.468 e. The topological polar surface area (TPSA) is 50.8 Å². The van der Waals surface area contributed by atoms with Crippen LogP contribution in [-0.4, -0.2) is 32.9 Å². The van der Waals surface area contributed by atoms with E-state index in [2.05, 4.69) is 24.1 Å². The number of hydrogen-bond acceptors (Lipinski definition) is 4. The van der Waals surface area contributed by atoms with Crippen LogP contribution in [0.2, 0.25) is 0 Å². The molecule has 0 spiro atoms. The van der Waals surface area contributed by atoms with Crippen molar-refractivity contribution in [3.63, 3.8) is 0 Å². The molecule has 0 aliphatic rings. The lowest BCUT2D eigenvalue weighted by molar-refractivity contribution is -0.111. The van der Waals surface area contributed by atoms with Crippen molar-refractivity contribution in [2.24, 2.45) is 0 Å². The Balaban J connectivity index is 1.90. The van der Waals surface area contributed by atoms with E-state index < -0.39 is 0 Å². The molecule has 26 heavy (non-hydrogen) atoms. The lowest BCUT2D eigenvalue weighted by atomic mass is 10.2. The van der Waals surface area contributed by atoms with Crippen LogP contribution in [0.15, 0.2) is 54.6 Å². The maximum atomic E-state index is 12.1. The summed E-state index contributed by atoms with van der Waals surface area (Å²) in [6.45, 7) is 6.38. The van der Waals surface area contributed by atoms with Gasteiger partial charge in [0.2, 0.25) is 5.91 Å². The molecular weight excluding hydrogens is 328 g/mol. The highest BCUT2D eigenvalue weighted by atomic mass is 16.7. The van der Waals surface area contributed by atoms with Crippen LogP contribution in [0, 0.1) is 0 Å². The summed E-state index contributed by atoms with van der Waals surface area (Å²) in [4.78, 5) is 14.3. The Morgan fingerprint density at radius 3 is 2.27 bits per heavy atom. The predicted octanol–water partition coefficient (Wildman–Crippen LogP) is 4.17. The van der Waals surface area contributed by atoms with Crippen LogP contribution in [0.4, 0.5) is 11.4 Å². The summed E-state index contributed by atoms with van der Waals surface area (Å²) in [5, 5.41) is 2.87. The zero-order chi connectivity index (χ0) is 18.8. The molecule has 2 aromatic carbocycles. The molecule has 0 atom stereocenters. The van der Waals surface area contributed by atoms with Gasteiger partial charge in [-0.1, -0.05) is 12.1 Å². The fourth-order valence-corrected chi connectivity index (χ4v) is 2.50. The number of hydrogen-bond donors (Lipinski definition) is 1. The van der Waals surface area contributed by atoms with E-state index >= 15 is 0 Å². The molecule has 0 bridgehead atoms. The number of amides is 1. The molecule has 1 amide bonds. The summed E-state index contributed by atoms with van der Waals surface area (Å²) in [7, 11) is 1.58. The van der Waals surface area contributed by atoms with Crippen molar-refractivity contribution in [1.82, 2.24) is 0 Å². The Morgan fingerprint density at radius 2 is 1.69 bits per heavy atom. The molecule has 5 nitrogen and oxygen atoms in total. The second kappa shape index (κ2) is 10.3. The van der Waals surface area contributed by atoms with Crippen LogP contribution < -0.4 is 15.0 Å². The van der Waals surface area contributed by atoms with E-state index in [1.54, 1.807) is 13.2 Å². The van der Waals surface area contributed by atoms with Gasteiger partial charge in [0.05, 0.1) is 0 Å². The zero-order valence-electron chi connectivity index (χ0n) is 15.6. The van der Waals surface area contributed by atoms with Crippen LogP contribution in [-0.2, 0) is 9.53 Å². The molecular formula is C21H26N2O3. The van der Waals surface area contributed by atoms with Crippen LogP contribution >= 0.6 is 0 Å². The molecule has 0 unspecified atom stereocenters. The fraction of sp³-hybridized carbons (Fsp3) is 0.286. The molecule has 0 aliphatic carbocycles. The van der Waals surface area contributed by atoms with Crippen molar-refractivity contribution in [2.75, 3.05) is 37.2 Å². The van der Waals surface area contributed by atoms with Gasteiger partial charge in [-0.05, 0) is 61.9 Å². The molecule has 0 radical (unpaired) electrons. The van der Waals surface area contributed by atoms with Crippen molar-refractivity contribution in [3.05, 3.63) is 60.2 Å². The number of benzene rings is 2. The van der Waals surface area contributed by atoms with Gasteiger partial charge in [0.25, 0.3) is 0 Å². The number of methoxy groups -OCH3 is 1. The molecule has 1 N–H and O–H groups in total. The standard InChI is InChI=1S/C21H26N2O3/c1-4-23(5-2)19-11-9-18(10-12-19)22-21(24)15-8-17-6-13-20(14-7-17)26-16-25-3/h6-15H,4-5,16H2,1-3H3,(H,22,24)/b15-8+. The molecule has 2 rings (SSSR count). The molecule has 138 valence electrons. The Morgan fingerprint density at radius 1 is 1.04 bits per heavy atom. The Hall–Kier alpha value is -2.79. The highest BCUT2D eigenvalue weighted by Gasteiger charge is 2.03. The average molecular weight is 354 g/mol. The summed E-state index contributed by atoms with van der Waals surface area (Å²) < 4.78 is 10.2. The summed E-state index contributed by atoms with van der Waals surface area (Å²) in [5.41, 5.74) is 2.85. The first-order valence-corrected chi connectivity index (χ1v) is 8.72. The van der Waals surface area contributed by atoms with Crippen molar-refractivity contribution < 1.29 is 14.3 Å². The molecule has 0 heterocycles. The van der Waals surface area contributed by atoms with Gasteiger partial charge in [0.15, 0.2) is 6.79 Å². The fourth-order valence-electron chi connectivity index (χ4n) is 2.50. The lowest BCUT2D eigenvalue weighted by Crippen LogP contribution is -2.21. The molecule has 0 aromatic heterocycles. The second-order valence-electron chi connectivity index (χ2n) is 5.66. The van der Waals surface area contributed by atoms with E-state index in [0.29, 0.717) is 0 Å². The van der Waals surface area contributed by atoms with Gasteiger partial charge in [-0.25, -0.2) is 0 Å². The number of anilines is 2. The van der Waals surface area contributed by atoms with Crippen LogP contribution in [0.5, 0.6) is 5.75 Å². The van der Waals surface area contributed by atoms with Crippen molar-refractivity contribution in [3.8, 4) is 5.75 Å². The molecule has 0 saturated heterocycles. The quantitative estimate of drug-likeness (QED) is 0.542. The summed E-state index contributed by atoms with van der Waals surface area (Å²) in [6.07, 6.45) is 3.28. The van der Waals surface area contributed by atoms with Crippen molar-refractivity contribution in [1.29, 1.82) is 0 Å². The molecule has 5 heteroatoms. The van der Waals surface area contributed by atoms with Gasteiger partial charge in [-0.3, -0.25) is 4.79 Å². The van der Waals surface area contributed by atoms with E-state index in [0.717, 1.165) is 35.8 Å². The van der Waals surface area contributed by atoms with E-state index in [4.69, 9.17) is 9.47 Å². The van der Waals surface area contributed by atoms with E-state index in [1.807, 2.05) is 48.5 Å². The summed E-state index contributed by atoms with van der Waals surface area (Å²) in [6, 6.07) is 15.3. The van der Waals surface area contributed by atoms with Crippen LogP contribution in [0.1, 0.15) is 19.4 Å². The third kappa shape index (κ3) is 5.93. The number of nitrogens with zero attached hydrogens (tertiary/aromatic N) is 1. The van der Waals surface area contributed by atoms with E-state index in [1.165, 1.54) is 6.08 Å². The van der Waals surface area contributed by atoms with Gasteiger partial charge in [0, 0.05) is 37.7 Å². The second-order valence-corrected chi connectivity index (χ2v) is 5.66. The highest BCUT2D eigenvalue weighted by molar-refractivity contribution is 6.02. The van der Waals surface area contributed by atoms with Gasteiger partial charge in [0.1, 0.15) is 5.75 Å². The maximum absolute atomic E-state index is 12.1. The zero-order valence-corrected chi connectivity index (χ0v) is 15.6. The maximum Gasteiger partial charge on any atom is 0.248 e. The average Bonchev–Trinajstić information content (AvgIpc) is 2.68. The minimum absolute atomic E-state index is 0.166. The number of ether oxygens (including phenoxy) is 2. The first kappa shape index (κ1) is 19.5. The van der Waals surface area contributed by atoms with Gasteiger partial charge in [-0.15, -0.1) is 0 Å². The molecule has 0 fully saturated rings. The summed E-state index contributed by atoms with van der Waals surface area (Å²) >= 11 is 0. The normalized spacial score (nSPS) is 10.7. The third-order valence-electron chi connectivity index (χ3n) is 3.91. The SMILES string of the molecule is CCN(CC)c1ccc(NC(=O)/C=C/c2ccc(OCOC)cc2)cc1. The van der Waals surface area contributed by atoms with Gasteiger partial charge < -0.3 is 19.7 Å². The van der Waals surface area contributed by atoms with Crippen LogP contribution in [0.25, 0.3) is 6.08 Å². The monoisotopic (exact) mass is 354 g/mol. The highest BCUT2D eigenvalue weighted by Crippen LogP contribution is 2.18. The molecule has 0 aliphatic heterocycles. The van der Waals surface area contributed by atoms with Gasteiger partial charge in [-0.2, -0.15) is 0 Å². The third-order valence-corrected chi connectivity index (χ3v) is 3.91. The molecule has 2 aromatic rings. The number of nitrogens with one attached hydrogen (secondary N) is 1. The summed E-state index contributed by atoms with van der Waals surface area (Å²) in [5.74, 6) is 0.557. The van der Waals surface area contributed by atoms with E-state index in [9.17, 15) is 4.79 Å². The first-order chi connectivity index (χ1) is 12.7. The van der Waals surface area contributed by atoms with Gasteiger partial charge >= 0.3 is 0 Å². The lowest BCUT2D eigenvalue weighted by Gasteiger charge is -2.21. The number of carbonyl (C=O) groups is 1. The minimum atomic E-state index is -0.166. The van der Waals surface area contributed by atoms with E-state index in [-0.39, 0.29) is 12.7 Å². The number of rotatable bonds is 9.